The highest BCUT2D eigenvalue weighted by Gasteiger charge is 2.15. The zero-order chi connectivity index (χ0) is 16.8. The number of benzene rings is 2. The fourth-order valence-corrected chi connectivity index (χ4v) is 2.44. The summed E-state index contributed by atoms with van der Waals surface area (Å²) >= 11 is 12.0. The number of anilines is 1. The Morgan fingerprint density at radius 1 is 1.09 bits per heavy atom. The van der Waals surface area contributed by atoms with Gasteiger partial charge in [0, 0.05) is 29.2 Å². The highest BCUT2D eigenvalue weighted by molar-refractivity contribution is 6.31. The van der Waals surface area contributed by atoms with E-state index in [1.165, 1.54) is 11.8 Å². The molecule has 0 fully saturated rings. The molecule has 0 saturated carbocycles. The second-order valence-corrected chi connectivity index (χ2v) is 5.87. The van der Waals surface area contributed by atoms with Gasteiger partial charge in [-0.05, 0) is 29.8 Å². The molecular weight excluding hydrogens is 335 g/mol. The number of hydrogen-bond donors (Lipinski definition) is 1. The van der Waals surface area contributed by atoms with Crippen LogP contribution in [0.2, 0.25) is 10.0 Å². The van der Waals surface area contributed by atoms with Crippen molar-refractivity contribution in [3.8, 4) is 0 Å². The molecule has 23 heavy (non-hydrogen) atoms. The lowest BCUT2D eigenvalue weighted by molar-refractivity contribution is -0.133. The average molecular weight is 351 g/mol. The van der Waals surface area contributed by atoms with Crippen LogP contribution in [0.1, 0.15) is 12.5 Å². The number of nitrogens with zero attached hydrogens (tertiary/aromatic N) is 1. The third-order valence-electron chi connectivity index (χ3n) is 3.21. The van der Waals surface area contributed by atoms with E-state index in [-0.39, 0.29) is 24.9 Å². The number of carbonyl (C=O) groups is 2. The summed E-state index contributed by atoms with van der Waals surface area (Å²) in [5.41, 5.74) is 1.38. The molecule has 0 aliphatic carbocycles. The maximum absolute atomic E-state index is 12.1. The van der Waals surface area contributed by atoms with Crippen LogP contribution in [0.5, 0.6) is 0 Å². The molecular formula is C17H16Cl2N2O2. The van der Waals surface area contributed by atoms with Crippen LogP contribution < -0.4 is 5.32 Å². The van der Waals surface area contributed by atoms with Crippen LogP contribution in [-0.4, -0.2) is 23.3 Å². The Bertz CT molecular complexity index is 719. The van der Waals surface area contributed by atoms with Gasteiger partial charge in [0.15, 0.2) is 0 Å². The summed E-state index contributed by atoms with van der Waals surface area (Å²) in [6.45, 7) is 1.63. The number of carbonyl (C=O) groups excluding carboxylic acids is 2. The average Bonchev–Trinajstić information content (AvgIpc) is 2.48. The van der Waals surface area contributed by atoms with Crippen LogP contribution in [0.25, 0.3) is 0 Å². The molecule has 2 aromatic rings. The number of hydrogen-bond acceptors (Lipinski definition) is 2. The molecule has 2 amide bonds. The topological polar surface area (TPSA) is 49.4 Å². The Morgan fingerprint density at radius 2 is 1.83 bits per heavy atom. The van der Waals surface area contributed by atoms with Gasteiger partial charge in [-0.15, -0.1) is 0 Å². The standard InChI is InChI=1S/C17H16Cl2N2O2/c1-12(22)21(10-13-5-2-3-8-16(13)19)11-17(23)20-15-7-4-6-14(18)9-15/h2-9H,10-11H2,1H3,(H,20,23). The SMILES string of the molecule is CC(=O)N(CC(=O)Nc1cccc(Cl)c1)Cc1ccccc1Cl. The van der Waals surface area contributed by atoms with Gasteiger partial charge in [-0.25, -0.2) is 0 Å². The van der Waals surface area contributed by atoms with Crippen LogP contribution in [0.3, 0.4) is 0 Å². The molecule has 6 heteroatoms. The van der Waals surface area contributed by atoms with Gasteiger partial charge in [-0.3, -0.25) is 9.59 Å². The monoisotopic (exact) mass is 350 g/mol. The highest BCUT2D eigenvalue weighted by atomic mass is 35.5. The lowest BCUT2D eigenvalue weighted by Gasteiger charge is -2.21. The van der Waals surface area contributed by atoms with Crippen molar-refractivity contribution in [3.63, 3.8) is 0 Å². The Hall–Kier alpha value is -2.04. The minimum Gasteiger partial charge on any atom is -0.329 e. The molecule has 0 aliphatic rings. The zero-order valence-corrected chi connectivity index (χ0v) is 14.1. The number of halogens is 2. The summed E-state index contributed by atoms with van der Waals surface area (Å²) in [6, 6.07) is 14.1. The fraction of sp³-hybridized carbons (Fsp3) is 0.176. The van der Waals surface area contributed by atoms with Crippen molar-refractivity contribution in [1.82, 2.24) is 4.90 Å². The van der Waals surface area contributed by atoms with E-state index in [0.717, 1.165) is 5.56 Å². The van der Waals surface area contributed by atoms with E-state index in [0.29, 0.717) is 15.7 Å². The third-order valence-corrected chi connectivity index (χ3v) is 3.81. The van der Waals surface area contributed by atoms with Crippen molar-refractivity contribution in [3.05, 3.63) is 64.1 Å². The van der Waals surface area contributed by atoms with Crippen molar-refractivity contribution in [2.75, 3.05) is 11.9 Å². The predicted molar refractivity (Wildman–Crippen MR) is 92.6 cm³/mol. The summed E-state index contributed by atoms with van der Waals surface area (Å²) in [5, 5.41) is 3.81. The number of rotatable bonds is 5. The van der Waals surface area contributed by atoms with Gasteiger partial charge < -0.3 is 10.2 Å². The van der Waals surface area contributed by atoms with E-state index in [1.54, 1.807) is 30.3 Å². The normalized spacial score (nSPS) is 10.2. The van der Waals surface area contributed by atoms with Crippen LogP contribution >= 0.6 is 23.2 Å². The van der Waals surface area contributed by atoms with E-state index >= 15 is 0 Å². The summed E-state index contributed by atoms with van der Waals surface area (Å²) < 4.78 is 0. The first-order valence-electron chi connectivity index (χ1n) is 7.00. The first-order valence-corrected chi connectivity index (χ1v) is 7.75. The molecule has 0 heterocycles. The van der Waals surface area contributed by atoms with Gasteiger partial charge in [0.2, 0.25) is 11.8 Å². The number of amides is 2. The molecule has 0 spiro atoms. The Morgan fingerprint density at radius 3 is 2.48 bits per heavy atom. The molecule has 2 aromatic carbocycles. The molecule has 4 nitrogen and oxygen atoms in total. The first kappa shape index (κ1) is 17.3. The molecule has 0 aromatic heterocycles. The summed E-state index contributed by atoms with van der Waals surface area (Å²) in [4.78, 5) is 25.3. The lowest BCUT2D eigenvalue weighted by Crippen LogP contribution is -2.36. The second-order valence-electron chi connectivity index (χ2n) is 5.03. The van der Waals surface area contributed by atoms with E-state index < -0.39 is 0 Å². The van der Waals surface area contributed by atoms with Crippen molar-refractivity contribution in [1.29, 1.82) is 0 Å². The minimum absolute atomic E-state index is 0.0624. The fourth-order valence-electron chi connectivity index (χ4n) is 2.05. The minimum atomic E-state index is -0.297. The Kier molecular flexibility index (Phi) is 6.02. The smallest absolute Gasteiger partial charge is 0.244 e. The van der Waals surface area contributed by atoms with E-state index in [2.05, 4.69) is 5.32 Å². The molecule has 120 valence electrons. The Labute approximate surface area is 145 Å². The quantitative estimate of drug-likeness (QED) is 0.886. The molecule has 0 saturated heterocycles. The van der Waals surface area contributed by atoms with Crippen LogP contribution in [0.15, 0.2) is 48.5 Å². The van der Waals surface area contributed by atoms with Crippen molar-refractivity contribution >= 4 is 40.7 Å². The molecule has 0 atom stereocenters. The lowest BCUT2D eigenvalue weighted by atomic mass is 10.2. The summed E-state index contributed by atoms with van der Waals surface area (Å²) in [6.07, 6.45) is 0. The van der Waals surface area contributed by atoms with E-state index in [4.69, 9.17) is 23.2 Å². The maximum Gasteiger partial charge on any atom is 0.244 e. The molecule has 2 rings (SSSR count). The summed E-state index contributed by atoms with van der Waals surface area (Å²) in [7, 11) is 0. The van der Waals surface area contributed by atoms with Gasteiger partial charge in [-0.2, -0.15) is 0 Å². The molecule has 0 aliphatic heterocycles. The first-order chi connectivity index (χ1) is 11.0. The van der Waals surface area contributed by atoms with Crippen LogP contribution in [0, 0.1) is 0 Å². The molecule has 0 unspecified atom stereocenters. The molecule has 1 N–H and O–H groups in total. The van der Waals surface area contributed by atoms with Crippen molar-refractivity contribution in [2.45, 2.75) is 13.5 Å². The highest BCUT2D eigenvalue weighted by Crippen LogP contribution is 2.18. The zero-order valence-electron chi connectivity index (χ0n) is 12.6. The van der Waals surface area contributed by atoms with Crippen molar-refractivity contribution < 1.29 is 9.59 Å². The predicted octanol–water partition coefficient (Wildman–Crippen LogP) is 3.98. The van der Waals surface area contributed by atoms with E-state index in [9.17, 15) is 9.59 Å². The Balaban J connectivity index is 2.03. The van der Waals surface area contributed by atoms with Gasteiger partial charge in [-0.1, -0.05) is 47.5 Å². The molecule has 0 radical (unpaired) electrons. The van der Waals surface area contributed by atoms with Gasteiger partial charge in [0.05, 0.1) is 0 Å². The van der Waals surface area contributed by atoms with Gasteiger partial charge >= 0.3 is 0 Å². The molecule has 0 bridgehead atoms. The third kappa shape index (κ3) is 5.27. The summed E-state index contributed by atoms with van der Waals surface area (Å²) in [5.74, 6) is -0.499. The second kappa shape index (κ2) is 7.99. The van der Waals surface area contributed by atoms with Gasteiger partial charge in [0.1, 0.15) is 6.54 Å². The van der Waals surface area contributed by atoms with E-state index in [1.807, 2.05) is 18.2 Å². The van der Waals surface area contributed by atoms with Crippen LogP contribution in [-0.2, 0) is 16.1 Å². The van der Waals surface area contributed by atoms with Gasteiger partial charge in [0.25, 0.3) is 0 Å². The maximum atomic E-state index is 12.1. The van der Waals surface area contributed by atoms with Crippen LogP contribution in [0.4, 0.5) is 5.69 Å². The number of nitrogens with one attached hydrogen (secondary N) is 1. The van der Waals surface area contributed by atoms with Crippen molar-refractivity contribution in [2.24, 2.45) is 0 Å². The largest absolute Gasteiger partial charge is 0.329 e.